The second kappa shape index (κ2) is 8.17. The van der Waals surface area contributed by atoms with Gasteiger partial charge in [0.2, 0.25) is 0 Å². The highest BCUT2D eigenvalue weighted by atomic mass is 16.5. The summed E-state index contributed by atoms with van der Waals surface area (Å²) in [7, 11) is 1.91. The van der Waals surface area contributed by atoms with Crippen LogP contribution in [-0.2, 0) is 6.54 Å². The second-order valence-corrected chi connectivity index (χ2v) is 5.57. The van der Waals surface area contributed by atoms with Gasteiger partial charge in [0.15, 0.2) is 0 Å². The van der Waals surface area contributed by atoms with Gasteiger partial charge in [-0.3, -0.25) is 4.90 Å². The number of hydrogen-bond acceptors (Lipinski definition) is 5. The van der Waals surface area contributed by atoms with Crippen molar-refractivity contribution in [2.75, 3.05) is 20.2 Å². The highest BCUT2D eigenvalue weighted by Crippen LogP contribution is 2.09. The molecule has 1 aromatic rings. The van der Waals surface area contributed by atoms with Crippen LogP contribution >= 0.6 is 0 Å². The van der Waals surface area contributed by atoms with Crippen LogP contribution in [0, 0.1) is 6.92 Å². The van der Waals surface area contributed by atoms with Gasteiger partial charge >= 0.3 is 6.01 Å². The lowest BCUT2D eigenvalue weighted by atomic mass is 10.2. The molecule has 0 saturated heterocycles. The van der Waals surface area contributed by atoms with Crippen molar-refractivity contribution in [1.82, 2.24) is 20.2 Å². The molecule has 114 valence electrons. The van der Waals surface area contributed by atoms with Crippen molar-refractivity contribution in [3.8, 4) is 6.01 Å². The fourth-order valence-electron chi connectivity index (χ4n) is 2.26. The molecule has 0 aliphatic carbocycles. The van der Waals surface area contributed by atoms with Crippen LogP contribution in [0.4, 0.5) is 0 Å². The summed E-state index contributed by atoms with van der Waals surface area (Å²) in [6, 6.07) is 1.49. The van der Waals surface area contributed by atoms with Crippen molar-refractivity contribution in [3.05, 3.63) is 17.5 Å². The van der Waals surface area contributed by atoms with E-state index in [-0.39, 0.29) is 0 Å². The third kappa shape index (κ3) is 5.06. The zero-order valence-corrected chi connectivity index (χ0v) is 13.6. The van der Waals surface area contributed by atoms with Gasteiger partial charge in [-0.25, -0.2) is 9.97 Å². The summed E-state index contributed by atoms with van der Waals surface area (Å²) in [4.78, 5) is 11.0. The molecule has 0 spiro atoms. The van der Waals surface area contributed by atoms with E-state index in [2.05, 4.69) is 47.9 Å². The van der Waals surface area contributed by atoms with E-state index in [4.69, 9.17) is 4.74 Å². The molecule has 0 amide bonds. The van der Waals surface area contributed by atoms with Gasteiger partial charge in [-0.15, -0.1) is 0 Å². The van der Waals surface area contributed by atoms with Crippen LogP contribution in [-0.4, -0.2) is 47.2 Å². The lowest BCUT2D eigenvalue weighted by Crippen LogP contribution is -2.39. The summed E-state index contributed by atoms with van der Waals surface area (Å²) in [5.74, 6) is 0. The fraction of sp³-hybridized carbons (Fsp3) is 0.733. The Kier molecular flexibility index (Phi) is 6.88. The van der Waals surface area contributed by atoms with Crippen LogP contribution in [0.5, 0.6) is 6.01 Å². The van der Waals surface area contributed by atoms with Crippen LogP contribution in [0.2, 0.25) is 0 Å². The molecule has 0 atom stereocenters. The highest BCUT2D eigenvalue weighted by molar-refractivity contribution is 5.17. The van der Waals surface area contributed by atoms with Crippen LogP contribution in [0.1, 0.15) is 39.0 Å². The molecule has 0 radical (unpaired) electrons. The number of rotatable bonds is 8. The van der Waals surface area contributed by atoms with Gasteiger partial charge in [0, 0.05) is 42.6 Å². The molecule has 20 heavy (non-hydrogen) atoms. The predicted molar refractivity (Wildman–Crippen MR) is 82.0 cm³/mol. The van der Waals surface area contributed by atoms with Gasteiger partial charge in [0.25, 0.3) is 0 Å². The second-order valence-electron chi connectivity index (χ2n) is 5.57. The number of aromatic nitrogens is 2. The van der Waals surface area contributed by atoms with Crippen LogP contribution in [0.25, 0.3) is 0 Å². The Morgan fingerprint density at radius 3 is 2.40 bits per heavy atom. The van der Waals surface area contributed by atoms with Crippen molar-refractivity contribution >= 4 is 0 Å². The molecule has 1 heterocycles. The van der Waals surface area contributed by atoms with E-state index in [9.17, 15) is 0 Å². The Morgan fingerprint density at radius 1 is 1.25 bits per heavy atom. The van der Waals surface area contributed by atoms with Gasteiger partial charge < -0.3 is 10.1 Å². The SMILES string of the molecule is CNCc1cnc(OCCN(C(C)C)C(C)C)nc1C. The third-order valence-electron chi connectivity index (χ3n) is 3.33. The Hall–Kier alpha value is -1.20. The van der Waals surface area contributed by atoms with Crippen LogP contribution < -0.4 is 10.1 Å². The maximum Gasteiger partial charge on any atom is 0.316 e. The normalized spacial score (nSPS) is 11.7. The maximum atomic E-state index is 5.67. The summed E-state index contributed by atoms with van der Waals surface area (Å²) in [5, 5.41) is 3.10. The smallest absolute Gasteiger partial charge is 0.316 e. The molecule has 0 aliphatic heterocycles. The van der Waals surface area contributed by atoms with Crippen molar-refractivity contribution in [1.29, 1.82) is 0 Å². The number of hydrogen-bond donors (Lipinski definition) is 1. The molecule has 5 nitrogen and oxygen atoms in total. The predicted octanol–water partition coefficient (Wildman–Crippen LogP) is 2.00. The average Bonchev–Trinajstić information content (AvgIpc) is 2.37. The van der Waals surface area contributed by atoms with Gasteiger partial charge in [0.1, 0.15) is 6.61 Å². The Labute approximate surface area is 122 Å². The van der Waals surface area contributed by atoms with Gasteiger partial charge in [-0.1, -0.05) is 0 Å². The monoisotopic (exact) mass is 280 g/mol. The number of ether oxygens (including phenoxy) is 1. The van der Waals surface area contributed by atoms with Crippen molar-refractivity contribution < 1.29 is 4.74 Å². The first kappa shape index (κ1) is 16.9. The summed E-state index contributed by atoms with van der Waals surface area (Å²) in [6.45, 7) is 13.1. The molecule has 5 heteroatoms. The first-order valence-electron chi connectivity index (χ1n) is 7.31. The molecule has 1 aromatic heterocycles. The van der Waals surface area contributed by atoms with E-state index in [1.165, 1.54) is 0 Å². The summed E-state index contributed by atoms with van der Waals surface area (Å²) in [6.07, 6.45) is 1.83. The van der Waals surface area contributed by atoms with Crippen molar-refractivity contribution in [2.24, 2.45) is 0 Å². The van der Waals surface area contributed by atoms with Gasteiger partial charge in [0.05, 0.1) is 0 Å². The van der Waals surface area contributed by atoms with Crippen LogP contribution in [0.15, 0.2) is 6.20 Å². The minimum atomic E-state index is 0.467. The summed E-state index contributed by atoms with van der Waals surface area (Å²) < 4.78 is 5.67. The maximum absolute atomic E-state index is 5.67. The molecule has 0 fully saturated rings. The number of nitrogens with one attached hydrogen (secondary N) is 1. The summed E-state index contributed by atoms with van der Waals surface area (Å²) in [5.41, 5.74) is 2.07. The molecule has 1 N–H and O–H groups in total. The highest BCUT2D eigenvalue weighted by Gasteiger charge is 2.13. The van der Waals surface area contributed by atoms with E-state index >= 15 is 0 Å². The number of nitrogens with zero attached hydrogens (tertiary/aromatic N) is 3. The zero-order chi connectivity index (χ0) is 15.1. The van der Waals surface area contributed by atoms with E-state index in [0.717, 1.165) is 24.3 Å². The van der Waals surface area contributed by atoms with E-state index < -0.39 is 0 Å². The van der Waals surface area contributed by atoms with Crippen LogP contribution in [0.3, 0.4) is 0 Å². The average molecular weight is 280 g/mol. The lowest BCUT2D eigenvalue weighted by Gasteiger charge is -2.30. The molecule has 0 bridgehead atoms. The molecular weight excluding hydrogens is 252 g/mol. The van der Waals surface area contributed by atoms with Crippen molar-refractivity contribution in [2.45, 2.75) is 53.2 Å². The van der Waals surface area contributed by atoms with E-state index in [0.29, 0.717) is 24.7 Å². The topological polar surface area (TPSA) is 50.3 Å². The molecule has 0 aromatic carbocycles. The zero-order valence-electron chi connectivity index (χ0n) is 13.6. The molecule has 0 aliphatic rings. The first-order chi connectivity index (χ1) is 9.45. The Morgan fingerprint density at radius 2 is 1.90 bits per heavy atom. The van der Waals surface area contributed by atoms with E-state index in [1.54, 1.807) is 0 Å². The largest absolute Gasteiger partial charge is 0.462 e. The van der Waals surface area contributed by atoms with E-state index in [1.807, 2.05) is 20.2 Å². The summed E-state index contributed by atoms with van der Waals surface area (Å²) >= 11 is 0. The minimum absolute atomic E-state index is 0.467. The minimum Gasteiger partial charge on any atom is -0.462 e. The molecule has 0 unspecified atom stereocenters. The van der Waals surface area contributed by atoms with Crippen molar-refractivity contribution in [3.63, 3.8) is 0 Å². The molecule has 1 rings (SSSR count). The quantitative estimate of drug-likeness (QED) is 0.789. The third-order valence-corrected chi connectivity index (χ3v) is 3.33. The first-order valence-corrected chi connectivity index (χ1v) is 7.31. The molecule has 0 saturated carbocycles. The fourth-order valence-corrected chi connectivity index (χ4v) is 2.26. The standard InChI is InChI=1S/C15H28N4O/c1-11(2)19(12(3)4)7-8-20-15-17-10-14(9-16-6)13(5)18-15/h10-12,16H,7-9H2,1-6H3. The Bertz CT molecular complexity index is 399. The van der Waals surface area contributed by atoms with Gasteiger partial charge in [-0.05, 0) is 41.7 Å². The Balaban J connectivity index is 2.51. The lowest BCUT2D eigenvalue weighted by molar-refractivity contribution is 0.138. The number of aryl methyl sites for hydroxylation is 1. The van der Waals surface area contributed by atoms with Gasteiger partial charge in [-0.2, -0.15) is 0 Å². The molecular formula is C15H28N4O.